The molecule has 1 aromatic heterocycles. The number of hydrogen-bond donors (Lipinski definition) is 1. The first-order valence-electron chi connectivity index (χ1n) is 10.1. The van der Waals surface area contributed by atoms with E-state index in [1.165, 1.54) is 0 Å². The van der Waals surface area contributed by atoms with Crippen molar-refractivity contribution < 1.29 is 13.9 Å². The number of piperidine rings is 1. The van der Waals surface area contributed by atoms with Crippen molar-refractivity contribution in [3.8, 4) is 0 Å². The minimum Gasteiger partial charge on any atom is -0.458 e. The van der Waals surface area contributed by atoms with Gasteiger partial charge in [0.1, 0.15) is 22.8 Å². The van der Waals surface area contributed by atoms with Gasteiger partial charge in [0.15, 0.2) is 0 Å². The van der Waals surface area contributed by atoms with E-state index in [-0.39, 0.29) is 12.1 Å². The number of rotatable bonds is 5. The number of para-hydroxylation sites is 1. The van der Waals surface area contributed by atoms with Gasteiger partial charge >= 0.3 is 5.97 Å². The molecule has 1 aliphatic heterocycles. The first kappa shape index (κ1) is 19.3. The molecule has 148 valence electrons. The smallest absolute Gasteiger partial charge is 0.342 e. The largest absolute Gasteiger partial charge is 0.458 e. The summed E-state index contributed by atoms with van der Waals surface area (Å²) in [4.78, 5) is 13.2. The van der Waals surface area contributed by atoms with Gasteiger partial charge in [-0.2, -0.15) is 0 Å². The lowest BCUT2D eigenvalue weighted by Gasteiger charge is -2.31. The third-order valence-electron chi connectivity index (χ3n) is 5.53. The number of benzene rings is 2. The fourth-order valence-electron chi connectivity index (χ4n) is 4.16. The lowest BCUT2D eigenvalue weighted by molar-refractivity contribution is 0.00203. The number of carbonyl (C=O) groups is 1. The van der Waals surface area contributed by atoms with Gasteiger partial charge in [-0.1, -0.05) is 43.6 Å². The quantitative estimate of drug-likeness (QED) is 0.550. The standard InChI is InChI=1S/C23H26ClNO3/c1-14(2)11-21(15-7-9-25-10-8-15)28-23(26)19-13-16(24)12-18-17-5-3-4-6-20(17)27-22(18)19/h3-6,12-15,21,25H,7-11H2,1-2H3. The van der Waals surface area contributed by atoms with E-state index in [1.54, 1.807) is 6.07 Å². The Hall–Kier alpha value is -2.04. The first-order chi connectivity index (χ1) is 13.5. The Morgan fingerprint density at radius 3 is 2.71 bits per heavy atom. The zero-order valence-electron chi connectivity index (χ0n) is 16.3. The third-order valence-corrected chi connectivity index (χ3v) is 5.75. The predicted octanol–water partition coefficient (Wildman–Crippen LogP) is 5.81. The monoisotopic (exact) mass is 399 g/mol. The Morgan fingerprint density at radius 2 is 1.96 bits per heavy atom. The maximum atomic E-state index is 13.2. The Labute approximate surface area is 170 Å². The molecule has 2 heterocycles. The van der Waals surface area contributed by atoms with Crippen LogP contribution in [0.25, 0.3) is 21.9 Å². The summed E-state index contributed by atoms with van der Waals surface area (Å²) in [5.41, 5.74) is 1.69. The van der Waals surface area contributed by atoms with Gasteiger partial charge in [0, 0.05) is 15.8 Å². The molecule has 0 spiro atoms. The van der Waals surface area contributed by atoms with Crippen LogP contribution in [0.4, 0.5) is 0 Å². The molecule has 0 saturated carbocycles. The predicted molar refractivity (Wildman–Crippen MR) is 113 cm³/mol. The molecule has 1 atom stereocenters. The molecule has 0 bridgehead atoms. The molecule has 1 unspecified atom stereocenters. The molecule has 0 amide bonds. The second kappa shape index (κ2) is 8.14. The van der Waals surface area contributed by atoms with Gasteiger partial charge in [-0.25, -0.2) is 4.79 Å². The van der Waals surface area contributed by atoms with Crippen LogP contribution in [-0.4, -0.2) is 25.2 Å². The van der Waals surface area contributed by atoms with Crippen molar-refractivity contribution in [2.24, 2.45) is 11.8 Å². The molecule has 0 aliphatic carbocycles. The average molecular weight is 400 g/mol. The molecule has 4 rings (SSSR count). The van der Waals surface area contributed by atoms with Crippen LogP contribution in [0, 0.1) is 11.8 Å². The van der Waals surface area contributed by atoms with Crippen LogP contribution >= 0.6 is 11.6 Å². The molecular formula is C23H26ClNO3. The molecule has 2 aromatic carbocycles. The molecule has 5 heteroatoms. The summed E-state index contributed by atoms with van der Waals surface area (Å²) in [6, 6.07) is 11.2. The number of carbonyl (C=O) groups excluding carboxylic acids is 1. The van der Waals surface area contributed by atoms with Crippen LogP contribution in [0.5, 0.6) is 0 Å². The normalized spacial score (nSPS) is 16.7. The van der Waals surface area contributed by atoms with Crippen LogP contribution in [0.2, 0.25) is 5.02 Å². The van der Waals surface area contributed by atoms with Crippen LogP contribution in [0.3, 0.4) is 0 Å². The van der Waals surface area contributed by atoms with E-state index in [2.05, 4.69) is 19.2 Å². The van der Waals surface area contributed by atoms with Crippen molar-refractivity contribution in [1.82, 2.24) is 5.32 Å². The van der Waals surface area contributed by atoms with Gasteiger partial charge in [0.05, 0.1) is 0 Å². The summed E-state index contributed by atoms with van der Waals surface area (Å²) in [5.74, 6) is 0.493. The summed E-state index contributed by atoms with van der Waals surface area (Å²) in [6.07, 6.45) is 2.83. The van der Waals surface area contributed by atoms with Crippen LogP contribution in [-0.2, 0) is 4.74 Å². The molecule has 1 aliphatic rings. The Kier molecular flexibility index (Phi) is 5.61. The minimum atomic E-state index is -0.351. The van der Waals surface area contributed by atoms with Crippen LogP contribution in [0.1, 0.15) is 43.5 Å². The summed E-state index contributed by atoms with van der Waals surface area (Å²) >= 11 is 6.34. The fourth-order valence-corrected chi connectivity index (χ4v) is 4.38. The fraction of sp³-hybridized carbons (Fsp3) is 0.435. The van der Waals surface area contributed by atoms with E-state index in [0.29, 0.717) is 28.0 Å². The van der Waals surface area contributed by atoms with E-state index in [0.717, 1.165) is 48.7 Å². The topological polar surface area (TPSA) is 51.5 Å². The average Bonchev–Trinajstić information content (AvgIpc) is 3.05. The van der Waals surface area contributed by atoms with Crippen molar-refractivity contribution in [3.05, 3.63) is 47.0 Å². The van der Waals surface area contributed by atoms with E-state index >= 15 is 0 Å². The highest BCUT2D eigenvalue weighted by atomic mass is 35.5. The highest BCUT2D eigenvalue weighted by Crippen LogP contribution is 2.34. The number of hydrogen-bond acceptors (Lipinski definition) is 4. The summed E-state index contributed by atoms with van der Waals surface area (Å²) in [6.45, 7) is 6.28. The Bertz CT molecular complexity index is 988. The molecule has 28 heavy (non-hydrogen) atoms. The summed E-state index contributed by atoms with van der Waals surface area (Å²) in [5, 5.41) is 5.68. The van der Waals surface area contributed by atoms with E-state index in [9.17, 15) is 4.79 Å². The number of nitrogens with one attached hydrogen (secondary N) is 1. The molecule has 0 radical (unpaired) electrons. The highest BCUT2D eigenvalue weighted by molar-refractivity contribution is 6.32. The van der Waals surface area contributed by atoms with Crippen molar-refractivity contribution in [2.45, 2.75) is 39.2 Å². The number of furan rings is 1. The van der Waals surface area contributed by atoms with E-state index in [1.807, 2.05) is 30.3 Å². The zero-order valence-corrected chi connectivity index (χ0v) is 17.1. The number of esters is 1. The molecule has 3 aromatic rings. The number of ether oxygens (including phenoxy) is 1. The maximum Gasteiger partial charge on any atom is 0.342 e. The highest BCUT2D eigenvalue weighted by Gasteiger charge is 2.29. The van der Waals surface area contributed by atoms with Crippen molar-refractivity contribution in [2.75, 3.05) is 13.1 Å². The van der Waals surface area contributed by atoms with Crippen LogP contribution < -0.4 is 5.32 Å². The van der Waals surface area contributed by atoms with Gasteiger partial charge in [-0.05, 0) is 62.4 Å². The third kappa shape index (κ3) is 3.89. The summed E-state index contributed by atoms with van der Waals surface area (Å²) in [7, 11) is 0. The Balaban J connectivity index is 1.68. The van der Waals surface area contributed by atoms with Crippen molar-refractivity contribution in [3.63, 3.8) is 0 Å². The molecule has 1 saturated heterocycles. The van der Waals surface area contributed by atoms with Gasteiger partial charge in [0.25, 0.3) is 0 Å². The van der Waals surface area contributed by atoms with Gasteiger partial charge in [0.2, 0.25) is 0 Å². The van der Waals surface area contributed by atoms with Gasteiger partial charge < -0.3 is 14.5 Å². The minimum absolute atomic E-state index is 0.0898. The van der Waals surface area contributed by atoms with Crippen molar-refractivity contribution >= 4 is 39.5 Å². The lowest BCUT2D eigenvalue weighted by atomic mass is 9.87. The zero-order chi connectivity index (χ0) is 19.7. The molecular weight excluding hydrogens is 374 g/mol. The number of halogens is 1. The Morgan fingerprint density at radius 1 is 1.21 bits per heavy atom. The van der Waals surface area contributed by atoms with Crippen LogP contribution in [0.15, 0.2) is 40.8 Å². The summed E-state index contributed by atoms with van der Waals surface area (Å²) < 4.78 is 12.1. The maximum absolute atomic E-state index is 13.2. The van der Waals surface area contributed by atoms with Gasteiger partial charge in [-0.3, -0.25) is 0 Å². The second-order valence-corrected chi connectivity index (χ2v) is 8.53. The van der Waals surface area contributed by atoms with E-state index in [4.69, 9.17) is 20.8 Å². The lowest BCUT2D eigenvalue weighted by Crippen LogP contribution is -2.37. The number of fused-ring (bicyclic) bond motifs is 3. The SMILES string of the molecule is CC(C)CC(OC(=O)c1cc(Cl)cc2c1oc1ccccc12)C1CCNCC1. The van der Waals surface area contributed by atoms with E-state index < -0.39 is 0 Å². The van der Waals surface area contributed by atoms with Crippen molar-refractivity contribution in [1.29, 1.82) is 0 Å². The second-order valence-electron chi connectivity index (χ2n) is 8.09. The molecule has 1 fully saturated rings. The first-order valence-corrected chi connectivity index (χ1v) is 10.4. The molecule has 1 N–H and O–H groups in total. The molecule has 4 nitrogen and oxygen atoms in total. The van der Waals surface area contributed by atoms with Gasteiger partial charge in [-0.15, -0.1) is 0 Å².